The van der Waals surface area contributed by atoms with E-state index < -0.39 is 6.67 Å². The minimum Gasteiger partial charge on any atom is -0.370 e. The number of Topliss-reactive ketones (excluding diaryl/α,β-unsaturated/α-hetero) is 1. The van der Waals surface area contributed by atoms with Gasteiger partial charge in [-0.25, -0.2) is 0 Å². The number of alkyl halides is 1. The summed E-state index contributed by atoms with van der Waals surface area (Å²) in [6, 6.07) is 0. The van der Waals surface area contributed by atoms with E-state index in [0.29, 0.717) is 6.42 Å². The smallest absolute Gasteiger partial charge is 0.163 e. The van der Waals surface area contributed by atoms with Gasteiger partial charge in [-0.15, -0.1) is 0 Å². The lowest BCUT2D eigenvalue weighted by atomic mass is 10.0. The minimum atomic E-state index is -0.401. The van der Waals surface area contributed by atoms with Gasteiger partial charge in [0.1, 0.15) is 6.61 Å². The maximum Gasteiger partial charge on any atom is 0.163 e. The van der Waals surface area contributed by atoms with E-state index in [1.807, 2.05) is 0 Å². The highest BCUT2D eigenvalue weighted by molar-refractivity contribution is 5.84. The van der Waals surface area contributed by atoms with E-state index in [1.54, 1.807) is 6.92 Å². The van der Waals surface area contributed by atoms with Gasteiger partial charge >= 0.3 is 0 Å². The topological polar surface area (TPSA) is 26.3 Å². The van der Waals surface area contributed by atoms with Crippen LogP contribution >= 0.6 is 0 Å². The van der Waals surface area contributed by atoms with Crippen molar-refractivity contribution in [1.29, 1.82) is 0 Å². The molecule has 0 aliphatic carbocycles. The van der Waals surface area contributed by atoms with Crippen molar-refractivity contribution in [2.75, 3.05) is 13.3 Å². The predicted molar refractivity (Wildman–Crippen MR) is 34.5 cm³/mol. The Morgan fingerprint density at radius 3 is 2.90 bits per heavy atom. The normalized spacial score (nSPS) is 33.2. The second-order valence-corrected chi connectivity index (χ2v) is 2.58. The molecule has 0 aromatic rings. The summed E-state index contributed by atoms with van der Waals surface area (Å²) in [5, 5.41) is 0. The zero-order chi connectivity index (χ0) is 7.56. The molecule has 1 fully saturated rings. The van der Waals surface area contributed by atoms with Crippen molar-refractivity contribution < 1.29 is 13.9 Å². The molecule has 0 radical (unpaired) electrons. The van der Waals surface area contributed by atoms with Crippen LogP contribution in [-0.2, 0) is 9.53 Å². The van der Waals surface area contributed by atoms with Gasteiger partial charge in [-0.1, -0.05) is 6.92 Å². The highest BCUT2D eigenvalue weighted by Crippen LogP contribution is 2.19. The SMILES string of the molecule is CC1C(=O)COC1CCF. The molecule has 1 aliphatic rings. The molecular formula is C7H11FO2. The van der Waals surface area contributed by atoms with Gasteiger partial charge in [-0.3, -0.25) is 9.18 Å². The molecule has 0 aromatic carbocycles. The van der Waals surface area contributed by atoms with Crippen LogP contribution in [0.3, 0.4) is 0 Å². The van der Waals surface area contributed by atoms with Crippen LogP contribution in [0.4, 0.5) is 4.39 Å². The zero-order valence-electron chi connectivity index (χ0n) is 5.97. The number of carbonyl (C=O) groups is 1. The van der Waals surface area contributed by atoms with E-state index >= 15 is 0 Å². The Kier molecular flexibility index (Phi) is 2.38. The van der Waals surface area contributed by atoms with Crippen LogP contribution in [-0.4, -0.2) is 25.2 Å². The van der Waals surface area contributed by atoms with Crippen LogP contribution in [0.15, 0.2) is 0 Å². The summed E-state index contributed by atoms with van der Waals surface area (Å²) in [6.45, 7) is 1.56. The number of carbonyl (C=O) groups excluding carboxylic acids is 1. The van der Waals surface area contributed by atoms with Crippen LogP contribution in [0, 0.1) is 5.92 Å². The van der Waals surface area contributed by atoms with Gasteiger partial charge in [-0.2, -0.15) is 0 Å². The Balaban J connectivity index is 2.41. The Labute approximate surface area is 59.4 Å². The summed E-state index contributed by atoms with van der Waals surface area (Å²) in [5.41, 5.74) is 0. The average Bonchev–Trinajstić information content (AvgIpc) is 2.20. The summed E-state index contributed by atoms with van der Waals surface area (Å²) in [5.74, 6) is -0.00537. The number of ketones is 1. The summed E-state index contributed by atoms with van der Waals surface area (Å²) in [7, 11) is 0. The van der Waals surface area contributed by atoms with Crippen molar-refractivity contribution in [1.82, 2.24) is 0 Å². The third-order valence-electron chi connectivity index (χ3n) is 1.90. The number of ether oxygens (including phenoxy) is 1. The fraction of sp³-hybridized carbons (Fsp3) is 0.857. The number of hydrogen-bond acceptors (Lipinski definition) is 2. The van der Waals surface area contributed by atoms with Crippen molar-refractivity contribution in [3.8, 4) is 0 Å². The van der Waals surface area contributed by atoms with Gasteiger partial charge in [0.2, 0.25) is 0 Å². The molecule has 0 aromatic heterocycles. The molecular weight excluding hydrogens is 135 g/mol. The molecule has 10 heavy (non-hydrogen) atoms. The lowest BCUT2D eigenvalue weighted by Crippen LogP contribution is -2.17. The Hall–Kier alpha value is -0.440. The maximum absolute atomic E-state index is 11.8. The van der Waals surface area contributed by atoms with Crippen molar-refractivity contribution >= 4 is 5.78 Å². The number of halogens is 1. The van der Waals surface area contributed by atoms with Crippen molar-refractivity contribution in [2.45, 2.75) is 19.4 Å². The minimum absolute atomic E-state index is 0.0958. The lowest BCUT2D eigenvalue weighted by Gasteiger charge is -2.09. The largest absolute Gasteiger partial charge is 0.370 e. The highest BCUT2D eigenvalue weighted by Gasteiger charge is 2.31. The van der Waals surface area contributed by atoms with Gasteiger partial charge in [0.15, 0.2) is 5.78 Å². The van der Waals surface area contributed by atoms with Crippen LogP contribution in [0.25, 0.3) is 0 Å². The predicted octanol–water partition coefficient (Wildman–Crippen LogP) is 0.950. The fourth-order valence-corrected chi connectivity index (χ4v) is 1.11. The molecule has 0 N–H and O–H groups in total. The van der Waals surface area contributed by atoms with Crippen LogP contribution in [0.1, 0.15) is 13.3 Å². The third kappa shape index (κ3) is 1.34. The van der Waals surface area contributed by atoms with Crippen LogP contribution in [0.2, 0.25) is 0 Å². The number of rotatable bonds is 2. The van der Waals surface area contributed by atoms with E-state index in [4.69, 9.17) is 4.74 Å². The van der Waals surface area contributed by atoms with Gasteiger partial charge in [0, 0.05) is 12.3 Å². The maximum atomic E-state index is 11.8. The van der Waals surface area contributed by atoms with Gasteiger partial charge < -0.3 is 4.74 Å². The Morgan fingerprint density at radius 2 is 2.50 bits per heavy atom. The monoisotopic (exact) mass is 146 g/mol. The Bertz CT molecular complexity index is 136. The molecule has 1 saturated heterocycles. The van der Waals surface area contributed by atoms with Gasteiger partial charge in [0.25, 0.3) is 0 Å². The lowest BCUT2D eigenvalue weighted by molar-refractivity contribution is -0.120. The molecule has 0 saturated carbocycles. The first-order chi connectivity index (χ1) is 4.75. The van der Waals surface area contributed by atoms with Crippen molar-refractivity contribution in [2.24, 2.45) is 5.92 Å². The van der Waals surface area contributed by atoms with Crippen molar-refractivity contribution in [3.05, 3.63) is 0 Å². The van der Waals surface area contributed by atoms with Crippen LogP contribution in [0.5, 0.6) is 0 Å². The molecule has 2 atom stereocenters. The molecule has 1 rings (SSSR count). The zero-order valence-corrected chi connectivity index (χ0v) is 5.97. The van der Waals surface area contributed by atoms with Crippen molar-refractivity contribution in [3.63, 3.8) is 0 Å². The quantitative estimate of drug-likeness (QED) is 0.579. The summed E-state index contributed by atoms with van der Waals surface area (Å²) in [4.78, 5) is 10.8. The molecule has 0 amide bonds. The first kappa shape index (κ1) is 7.66. The van der Waals surface area contributed by atoms with E-state index in [9.17, 15) is 9.18 Å². The molecule has 2 unspecified atom stereocenters. The number of hydrogen-bond donors (Lipinski definition) is 0. The van der Waals surface area contributed by atoms with E-state index in [0.717, 1.165) is 0 Å². The van der Waals surface area contributed by atoms with E-state index in [2.05, 4.69) is 0 Å². The molecule has 3 heteroatoms. The van der Waals surface area contributed by atoms with E-state index in [1.165, 1.54) is 0 Å². The second-order valence-electron chi connectivity index (χ2n) is 2.58. The summed E-state index contributed by atoms with van der Waals surface area (Å²) >= 11 is 0. The molecule has 0 bridgehead atoms. The molecule has 2 nitrogen and oxygen atoms in total. The highest BCUT2D eigenvalue weighted by atomic mass is 19.1. The second kappa shape index (κ2) is 3.10. The fourth-order valence-electron chi connectivity index (χ4n) is 1.11. The van der Waals surface area contributed by atoms with E-state index in [-0.39, 0.29) is 24.4 Å². The Morgan fingerprint density at radius 1 is 1.80 bits per heavy atom. The molecule has 0 spiro atoms. The van der Waals surface area contributed by atoms with Gasteiger partial charge in [0.05, 0.1) is 12.8 Å². The standard InChI is InChI=1S/C7H11FO2/c1-5-6(9)4-10-7(5)2-3-8/h5,7H,2-4H2,1H3. The summed E-state index contributed by atoms with van der Waals surface area (Å²) < 4.78 is 16.8. The van der Waals surface area contributed by atoms with Crippen LogP contribution < -0.4 is 0 Å². The molecule has 1 heterocycles. The first-order valence-electron chi connectivity index (χ1n) is 3.46. The first-order valence-corrected chi connectivity index (χ1v) is 3.46. The molecule has 1 aliphatic heterocycles. The summed E-state index contributed by atoms with van der Waals surface area (Å²) in [6.07, 6.45) is 0.185. The molecule has 58 valence electrons. The van der Waals surface area contributed by atoms with Gasteiger partial charge in [-0.05, 0) is 0 Å². The third-order valence-corrected chi connectivity index (χ3v) is 1.90. The average molecular weight is 146 g/mol.